The first-order valence-electron chi connectivity index (χ1n) is 5.38. The Balaban J connectivity index is 2.05. The van der Waals surface area contributed by atoms with Crippen molar-refractivity contribution < 1.29 is 14.6 Å². The van der Waals surface area contributed by atoms with Crippen molar-refractivity contribution in [2.24, 2.45) is 0 Å². The van der Waals surface area contributed by atoms with Crippen molar-refractivity contribution in [1.82, 2.24) is 5.32 Å². The molecule has 4 nitrogen and oxygen atoms in total. The number of aliphatic hydroxyl groups excluding tert-OH is 1. The van der Waals surface area contributed by atoms with Crippen molar-refractivity contribution >= 4 is 0 Å². The van der Waals surface area contributed by atoms with E-state index in [4.69, 9.17) is 9.47 Å². The lowest BCUT2D eigenvalue weighted by Gasteiger charge is -2.28. The van der Waals surface area contributed by atoms with E-state index in [2.05, 4.69) is 5.32 Å². The predicted molar refractivity (Wildman–Crippen MR) is 54.1 cm³/mol. The minimum atomic E-state index is -0.243. The van der Waals surface area contributed by atoms with Crippen LogP contribution in [0.1, 0.15) is 26.7 Å². The van der Waals surface area contributed by atoms with Gasteiger partial charge < -0.3 is 19.9 Å². The zero-order chi connectivity index (χ0) is 10.4. The van der Waals surface area contributed by atoms with Gasteiger partial charge in [-0.05, 0) is 19.8 Å². The Morgan fingerprint density at radius 2 is 2.36 bits per heavy atom. The topological polar surface area (TPSA) is 50.7 Å². The molecule has 1 aliphatic rings. The van der Waals surface area contributed by atoms with E-state index in [1.165, 1.54) is 0 Å². The van der Waals surface area contributed by atoms with Crippen molar-refractivity contribution in [3.63, 3.8) is 0 Å². The Morgan fingerprint density at radius 1 is 1.57 bits per heavy atom. The lowest BCUT2D eigenvalue weighted by Crippen LogP contribution is -2.39. The molecule has 1 rings (SSSR count). The van der Waals surface area contributed by atoms with E-state index in [0.717, 1.165) is 26.0 Å². The van der Waals surface area contributed by atoms with Crippen LogP contribution < -0.4 is 5.32 Å². The molecular formula is C10H21NO3. The summed E-state index contributed by atoms with van der Waals surface area (Å²) in [7, 11) is 0. The lowest BCUT2D eigenvalue weighted by atomic mass is 10.2. The second kappa shape index (κ2) is 6.35. The van der Waals surface area contributed by atoms with Crippen molar-refractivity contribution in [2.75, 3.05) is 19.7 Å². The van der Waals surface area contributed by atoms with Gasteiger partial charge in [0, 0.05) is 13.1 Å². The first-order valence-corrected chi connectivity index (χ1v) is 5.38. The minimum absolute atomic E-state index is 0.0911. The standard InChI is InChI=1S/C10H21NO3/c1-3-9(12)6-11-7-10-4-5-13-8(2)14-10/h8-12H,3-7H2,1-2H3. The number of aliphatic hydroxyl groups is 1. The molecule has 0 radical (unpaired) electrons. The van der Waals surface area contributed by atoms with Gasteiger partial charge in [0.05, 0.1) is 18.8 Å². The molecule has 0 saturated carbocycles. The second-order valence-corrected chi connectivity index (χ2v) is 3.71. The van der Waals surface area contributed by atoms with Gasteiger partial charge in [0.2, 0.25) is 0 Å². The van der Waals surface area contributed by atoms with Crippen LogP contribution in [0, 0.1) is 0 Å². The zero-order valence-electron chi connectivity index (χ0n) is 9.03. The zero-order valence-corrected chi connectivity index (χ0v) is 9.03. The Hall–Kier alpha value is -0.160. The quantitative estimate of drug-likeness (QED) is 0.683. The number of ether oxygens (including phenoxy) is 2. The van der Waals surface area contributed by atoms with Crippen LogP contribution in [0.5, 0.6) is 0 Å². The average molecular weight is 203 g/mol. The van der Waals surface area contributed by atoms with Crippen LogP contribution in [0.25, 0.3) is 0 Å². The summed E-state index contributed by atoms with van der Waals surface area (Å²) in [5.41, 5.74) is 0. The average Bonchev–Trinajstić information content (AvgIpc) is 2.17. The molecule has 1 saturated heterocycles. The van der Waals surface area contributed by atoms with Crippen LogP contribution in [0.4, 0.5) is 0 Å². The number of hydrogen-bond donors (Lipinski definition) is 2. The third-order valence-corrected chi connectivity index (χ3v) is 2.40. The Kier molecular flexibility index (Phi) is 5.40. The summed E-state index contributed by atoms with van der Waals surface area (Å²) in [6, 6.07) is 0. The highest BCUT2D eigenvalue weighted by molar-refractivity contribution is 4.67. The molecule has 3 atom stereocenters. The summed E-state index contributed by atoms with van der Waals surface area (Å²) in [6.07, 6.45) is 1.61. The van der Waals surface area contributed by atoms with Gasteiger partial charge in [-0.15, -0.1) is 0 Å². The smallest absolute Gasteiger partial charge is 0.155 e. The minimum Gasteiger partial charge on any atom is -0.392 e. The van der Waals surface area contributed by atoms with Crippen LogP contribution in [0.2, 0.25) is 0 Å². The fourth-order valence-electron chi connectivity index (χ4n) is 1.45. The van der Waals surface area contributed by atoms with Crippen molar-refractivity contribution in [3.05, 3.63) is 0 Å². The lowest BCUT2D eigenvalue weighted by molar-refractivity contribution is -0.200. The van der Waals surface area contributed by atoms with E-state index < -0.39 is 0 Å². The molecule has 1 aliphatic heterocycles. The van der Waals surface area contributed by atoms with Gasteiger partial charge in [0.15, 0.2) is 6.29 Å². The van der Waals surface area contributed by atoms with Gasteiger partial charge in [-0.25, -0.2) is 0 Å². The molecule has 0 aromatic rings. The molecule has 0 amide bonds. The van der Waals surface area contributed by atoms with Crippen molar-refractivity contribution in [2.45, 2.75) is 45.2 Å². The maximum atomic E-state index is 9.31. The number of nitrogens with one attached hydrogen (secondary N) is 1. The number of hydrogen-bond acceptors (Lipinski definition) is 4. The first-order chi connectivity index (χ1) is 6.72. The number of rotatable bonds is 5. The van der Waals surface area contributed by atoms with Gasteiger partial charge in [-0.1, -0.05) is 6.92 Å². The maximum absolute atomic E-state index is 9.31. The molecule has 0 aliphatic carbocycles. The molecule has 4 heteroatoms. The summed E-state index contributed by atoms with van der Waals surface area (Å²) in [5, 5.41) is 12.5. The third-order valence-electron chi connectivity index (χ3n) is 2.40. The monoisotopic (exact) mass is 203 g/mol. The summed E-state index contributed by atoms with van der Waals surface area (Å²) in [5.74, 6) is 0. The molecule has 0 bridgehead atoms. The van der Waals surface area contributed by atoms with Crippen LogP contribution in [0.15, 0.2) is 0 Å². The van der Waals surface area contributed by atoms with E-state index in [9.17, 15) is 5.11 Å². The highest BCUT2D eigenvalue weighted by Gasteiger charge is 2.18. The second-order valence-electron chi connectivity index (χ2n) is 3.71. The van der Waals surface area contributed by atoms with Gasteiger partial charge in [-0.3, -0.25) is 0 Å². The molecule has 0 aromatic carbocycles. The van der Waals surface area contributed by atoms with Gasteiger partial charge in [-0.2, -0.15) is 0 Å². The fraction of sp³-hybridized carbons (Fsp3) is 1.00. The van der Waals surface area contributed by atoms with E-state index in [-0.39, 0.29) is 18.5 Å². The first kappa shape index (κ1) is 11.9. The van der Waals surface area contributed by atoms with Crippen LogP contribution >= 0.6 is 0 Å². The van der Waals surface area contributed by atoms with E-state index >= 15 is 0 Å². The summed E-state index contributed by atoms with van der Waals surface area (Å²) in [4.78, 5) is 0. The largest absolute Gasteiger partial charge is 0.392 e. The molecule has 14 heavy (non-hydrogen) atoms. The molecule has 0 aromatic heterocycles. The normalized spacial score (nSPS) is 30.2. The van der Waals surface area contributed by atoms with E-state index in [1.54, 1.807) is 0 Å². The summed E-state index contributed by atoms with van der Waals surface area (Å²) < 4.78 is 10.8. The molecule has 0 spiro atoms. The molecule has 3 unspecified atom stereocenters. The van der Waals surface area contributed by atoms with Crippen LogP contribution in [0.3, 0.4) is 0 Å². The molecule has 1 heterocycles. The van der Waals surface area contributed by atoms with Gasteiger partial charge in [0.1, 0.15) is 0 Å². The Morgan fingerprint density at radius 3 is 3.00 bits per heavy atom. The molecule has 1 fully saturated rings. The Bertz CT molecular complexity index is 154. The molecule has 2 N–H and O–H groups in total. The van der Waals surface area contributed by atoms with Gasteiger partial charge in [0.25, 0.3) is 0 Å². The highest BCUT2D eigenvalue weighted by Crippen LogP contribution is 2.10. The van der Waals surface area contributed by atoms with Gasteiger partial charge >= 0.3 is 0 Å². The van der Waals surface area contributed by atoms with E-state index in [0.29, 0.717) is 6.54 Å². The predicted octanol–water partition coefficient (Wildman–Crippen LogP) is 0.498. The highest BCUT2D eigenvalue weighted by atomic mass is 16.7. The summed E-state index contributed by atoms with van der Waals surface area (Å²) in [6.45, 7) is 6.09. The maximum Gasteiger partial charge on any atom is 0.155 e. The van der Waals surface area contributed by atoms with Crippen molar-refractivity contribution in [3.8, 4) is 0 Å². The fourth-order valence-corrected chi connectivity index (χ4v) is 1.45. The van der Waals surface area contributed by atoms with Crippen LogP contribution in [-0.4, -0.2) is 43.3 Å². The van der Waals surface area contributed by atoms with Crippen LogP contribution in [-0.2, 0) is 9.47 Å². The molecule has 84 valence electrons. The Labute approximate surface area is 85.6 Å². The van der Waals surface area contributed by atoms with Crippen molar-refractivity contribution in [1.29, 1.82) is 0 Å². The summed E-state index contributed by atoms with van der Waals surface area (Å²) >= 11 is 0. The van der Waals surface area contributed by atoms with E-state index in [1.807, 2.05) is 13.8 Å². The third kappa shape index (κ3) is 4.37. The molecular weight excluding hydrogens is 182 g/mol. The SMILES string of the molecule is CCC(O)CNCC1CCOC(C)O1.